The van der Waals surface area contributed by atoms with Crippen molar-refractivity contribution < 1.29 is 4.79 Å². The smallest absolute Gasteiger partial charge is 0.222 e. The van der Waals surface area contributed by atoms with Crippen LogP contribution in [0.1, 0.15) is 33.6 Å². The van der Waals surface area contributed by atoms with Gasteiger partial charge in [0.05, 0.1) is 0 Å². The zero-order valence-electron chi connectivity index (χ0n) is 15.0. The summed E-state index contributed by atoms with van der Waals surface area (Å²) in [5.74, 6) is 1.93. The minimum Gasteiger partial charge on any atom is -0.368 e. The minimum atomic E-state index is -0.148. The number of nitrogens with zero attached hydrogens (tertiary/aromatic N) is 3. The fourth-order valence-electron chi connectivity index (χ4n) is 2.57. The Morgan fingerprint density at radius 2 is 1.92 bits per heavy atom. The number of nitrogens with one attached hydrogen (secondary N) is 3. The zero-order valence-corrected chi connectivity index (χ0v) is 15.9. The molecule has 0 spiro atoms. The zero-order chi connectivity index (χ0) is 18.5. The molecule has 26 heavy (non-hydrogen) atoms. The molecule has 1 unspecified atom stereocenters. The number of thiazole rings is 1. The molecule has 3 aromatic rings. The summed E-state index contributed by atoms with van der Waals surface area (Å²) in [6, 6.07) is 9.77. The Kier molecular flexibility index (Phi) is 5.62. The average molecular weight is 370 g/mol. The second kappa shape index (κ2) is 8.09. The molecule has 0 aliphatic heterocycles. The molecular weight excluding hydrogens is 348 g/mol. The summed E-state index contributed by atoms with van der Waals surface area (Å²) in [5, 5.41) is 10.0. The third-order valence-corrected chi connectivity index (χ3v) is 4.54. The molecule has 0 bridgehead atoms. The lowest BCUT2D eigenvalue weighted by molar-refractivity contribution is -0.114. The molecule has 0 fully saturated rings. The molecule has 0 aliphatic rings. The average Bonchev–Trinajstić information content (AvgIpc) is 2.96. The van der Waals surface area contributed by atoms with Crippen molar-refractivity contribution in [3.8, 4) is 0 Å². The summed E-state index contributed by atoms with van der Waals surface area (Å²) in [5.41, 5.74) is 0.775. The maximum Gasteiger partial charge on any atom is 0.222 e. The molecule has 136 valence electrons. The monoisotopic (exact) mass is 370 g/mol. The lowest BCUT2D eigenvalue weighted by Gasteiger charge is -2.14. The van der Waals surface area contributed by atoms with Gasteiger partial charge in [-0.05, 0) is 37.6 Å². The van der Waals surface area contributed by atoms with Gasteiger partial charge in [-0.25, -0.2) is 15.0 Å². The van der Waals surface area contributed by atoms with Gasteiger partial charge in [-0.15, -0.1) is 0 Å². The number of pyridine rings is 2. The molecule has 3 heterocycles. The van der Waals surface area contributed by atoms with E-state index < -0.39 is 0 Å². The topological polar surface area (TPSA) is 91.8 Å². The lowest BCUT2D eigenvalue weighted by atomic mass is 10.2. The highest BCUT2D eigenvalue weighted by Gasteiger charge is 2.09. The molecule has 3 aromatic heterocycles. The van der Waals surface area contributed by atoms with Crippen molar-refractivity contribution in [1.82, 2.24) is 15.0 Å². The molecule has 7 nitrogen and oxygen atoms in total. The van der Waals surface area contributed by atoms with Crippen LogP contribution in [0.25, 0.3) is 10.3 Å². The van der Waals surface area contributed by atoms with E-state index in [9.17, 15) is 4.79 Å². The van der Waals surface area contributed by atoms with Crippen molar-refractivity contribution >= 4 is 50.2 Å². The third kappa shape index (κ3) is 4.66. The van der Waals surface area contributed by atoms with Gasteiger partial charge in [-0.3, -0.25) is 4.79 Å². The molecule has 1 atom stereocenters. The van der Waals surface area contributed by atoms with Crippen molar-refractivity contribution in [2.75, 3.05) is 16.0 Å². The number of aromatic nitrogens is 3. The van der Waals surface area contributed by atoms with Gasteiger partial charge in [-0.2, -0.15) is 0 Å². The quantitative estimate of drug-likeness (QED) is 0.571. The molecule has 0 aromatic carbocycles. The van der Waals surface area contributed by atoms with Crippen molar-refractivity contribution in [2.45, 2.75) is 39.7 Å². The predicted octanol–water partition coefficient (Wildman–Crippen LogP) is 4.39. The summed E-state index contributed by atoms with van der Waals surface area (Å²) in [6.45, 7) is 5.78. The van der Waals surface area contributed by atoms with Crippen LogP contribution in [0.2, 0.25) is 0 Å². The second-order valence-corrected chi connectivity index (χ2v) is 7.07. The molecule has 0 saturated heterocycles. The maximum absolute atomic E-state index is 11.2. The number of hydrogen-bond donors (Lipinski definition) is 3. The summed E-state index contributed by atoms with van der Waals surface area (Å²) < 4.78 is 0. The van der Waals surface area contributed by atoms with E-state index in [0.717, 1.165) is 34.8 Å². The fraction of sp³-hybridized carbons (Fsp3) is 0.333. The van der Waals surface area contributed by atoms with E-state index in [1.54, 1.807) is 6.07 Å². The van der Waals surface area contributed by atoms with Crippen LogP contribution in [0.15, 0.2) is 30.3 Å². The summed E-state index contributed by atoms with van der Waals surface area (Å²) >= 11 is 1.42. The summed E-state index contributed by atoms with van der Waals surface area (Å²) in [6.07, 6.45) is 2.23. The number of fused-ring (bicyclic) bond motifs is 1. The van der Waals surface area contributed by atoms with E-state index in [2.05, 4.69) is 44.7 Å². The van der Waals surface area contributed by atoms with Gasteiger partial charge in [-0.1, -0.05) is 30.7 Å². The van der Waals surface area contributed by atoms with Gasteiger partial charge in [0, 0.05) is 13.0 Å². The van der Waals surface area contributed by atoms with E-state index in [-0.39, 0.29) is 5.91 Å². The Balaban J connectivity index is 1.75. The largest absolute Gasteiger partial charge is 0.368 e. The molecule has 3 N–H and O–H groups in total. The van der Waals surface area contributed by atoms with E-state index in [0.29, 0.717) is 17.0 Å². The number of carbonyl (C=O) groups is 1. The molecule has 3 rings (SSSR count). The summed E-state index contributed by atoms with van der Waals surface area (Å²) in [7, 11) is 0. The lowest BCUT2D eigenvalue weighted by Crippen LogP contribution is -2.15. The first-order valence-corrected chi connectivity index (χ1v) is 9.41. The number of carbonyl (C=O) groups excluding carboxylic acids is 1. The predicted molar refractivity (Wildman–Crippen MR) is 107 cm³/mol. The molecule has 0 aliphatic carbocycles. The van der Waals surface area contributed by atoms with E-state index in [4.69, 9.17) is 0 Å². The molecule has 0 radical (unpaired) electrons. The van der Waals surface area contributed by atoms with E-state index >= 15 is 0 Å². The molecule has 8 heteroatoms. The van der Waals surface area contributed by atoms with Gasteiger partial charge in [0.2, 0.25) is 5.91 Å². The Bertz CT molecular complexity index is 910. The Morgan fingerprint density at radius 3 is 2.69 bits per heavy atom. The fourth-order valence-corrected chi connectivity index (χ4v) is 3.42. The maximum atomic E-state index is 11.2. The van der Waals surface area contributed by atoms with Crippen molar-refractivity contribution in [3.63, 3.8) is 0 Å². The summed E-state index contributed by atoms with van der Waals surface area (Å²) in [4.78, 5) is 25.4. The van der Waals surface area contributed by atoms with Crippen LogP contribution in [-0.2, 0) is 4.79 Å². The third-order valence-electron chi connectivity index (χ3n) is 3.66. The normalized spacial score (nSPS) is 12.0. The Morgan fingerprint density at radius 1 is 1.12 bits per heavy atom. The first-order valence-electron chi connectivity index (χ1n) is 8.59. The van der Waals surface area contributed by atoms with Crippen LogP contribution in [0.3, 0.4) is 0 Å². The number of amides is 1. The second-order valence-electron chi connectivity index (χ2n) is 6.09. The van der Waals surface area contributed by atoms with Crippen molar-refractivity contribution in [2.24, 2.45) is 0 Å². The standard InChI is InChI=1S/C18H22N6OS/c1-4-6-11(2)19-14-7-5-8-15(22-14)24-18-21-13-9-10-16(20-12(3)25)23-17(13)26-18/h5,7-11H,4,6H2,1-3H3,(H,20,23,25)(H2,19,21,22,24). The number of anilines is 4. The van der Waals surface area contributed by atoms with Gasteiger partial charge < -0.3 is 16.0 Å². The first kappa shape index (κ1) is 18.1. The molecule has 0 saturated carbocycles. The minimum absolute atomic E-state index is 0.148. The van der Waals surface area contributed by atoms with Crippen LogP contribution in [0.4, 0.5) is 22.6 Å². The van der Waals surface area contributed by atoms with Crippen LogP contribution in [-0.4, -0.2) is 26.9 Å². The Labute approximate surface area is 156 Å². The van der Waals surface area contributed by atoms with E-state index in [1.165, 1.54) is 18.3 Å². The van der Waals surface area contributed by atoms with Crippen LogP contribution in [0, 0.1) is 0 Å². The SMILES string of the molecule is CCCC(C)Nc1cccc(Nc2nc3ccc(NC(C)=O)nc3s2)n1. The van der Waals surface area contributed by atoms with Crippen molar-refractivity contribution in [1.29, 1.82) is 0 Å². The van der Waals surface area contributed by atoms with Gasteiger partial charge >= 0.3 is 0 Å². The Hall–Kier alpha value is -2.74. The highest BCUT2D eigenvalue weighted by molar-refractivity contribution is 7.21. The van der Waals surface area contributed by atoms with Crippen LogP contribution >= 0.6 is 11.3 Å². The van der Waals surface area contributed by atoms with E-state index in [1.807, 2.05) is 24.3 Å². The highest BCUT2D eigenvalue weighted by atomic mass is 32.1. The number of hydrogen-bond acceptors (Lipinski definition) is 7. The van der Waals surface area contributed by atoms with Crippen molar-refractivity contribution in [3.05, 3.63) is 30.3 Å². The van der Waals surface area contributed by atoms with Gasteiger partial charge in [0.15, 0.2) is 5.13 Å². The molecular formula is C18H22N6OS. The van der Waals surface area contributed by atoms with Gasteiger partial charge in [0.25, 0.3) is 0 Å². The highest BCUT2D eigenvalue weighted by Crippen LogP contribution is 2.28. The molecule has 1 amide bonds. The number of rotatable bonds is 7. The van der Waals surface area contributed by atoms with Gasteiger partial charge in [0.1, 0.15) is 27.8 Å². The first-order chi connectivity index (χ1) is 12.5. The van der Waals surface area contributed by atoms with Crippen LogP contribution in [0.5, 0.6) is 0 Å². The van der Waals surface area contributed by atoms with Crippen LogP contribution < -0.4 is 16.0 Å².